The molecular weight excluding hydrogens is 919 g/mol. The van der Waals surface area contributed by atoms with Crippen molar-refractivity contribution >= 4 is 51.9 Å². The number of quaternary nitrogens is 1. The van der Waals surface area contributed by atoms with Gasteiger partial charge in [0.15, 0.2) is 23.3 Å². The van der Waals surface area contributed by atoms with Crippen LogP contribution in [0, 0.1) is 5.41 Å². The van der Waals surface area contributed by atoms with Gasteiger partial charge in [-0.3, -0.25) is 28.8 Å². The van der Waals surface area contributed by atoms with Gasteiger partial charge in [-0.2, -0.15) is 10.2 Å². The lowest BCUT2D eigenvalue weighted by Crippen LogP contribution is -2.59. The van der Waals surface area contributed by atoms with Crippen molar-refractivity contribution in [2.75, 3.05) is 59.4 Å². The maximum absolute atomic E-state index is 14.4. The Hall–Kier alpha value is -6.21. The number of benzene rings is 3. The Morgan fingerprint density at radius 2 is 1.44 bits per heavy atom. The van der Waals surface area contributed by atoms with Crippen LogP contribution in [-0.2, 0) is 63.4 Å². The third kappa shape index (κ3) is 15.4. The molecule has 0 bridgehead atoms. The first-order valence-corrected chi connectivity index (χ1v) is 25.5. The number of ether oxygens (including phenoxy) is 2. The first-order valence-electron chi connectivity index (χ1n) is 25.5. The number of amides is 4. The fraction of sp³-hybridized carbons (Fsp3) is 0.537. The molecular formula is C54H74N9O9+. The molecule has 0 radical (unpaired) electrons. The number of ketones is 2. The van der Waals surface area contributed by atoms with Crippen molar-refractivity contribution in [2.24, 2.45) is 15.6 Å². The van der Waals surface area contributed by atoms with E-state index in [0.717, 1.165) is 60.0 Å². The van der Waals surface area contributed by atoms with Gasteiger partial charge in [0, 0.05) is 55.6 Å². The van der Waals surface area contributed by atoms with Gasteiger partial charge in [0.1, 0.15) is 25.0 Å². The first-order chi connectivity index (χ1) is 34.5. The predicted molar refractivity (Wildman–Crippen MR) is 272 cm³/mol. The van der Waals surface area contributed by atoms with E-state index in [1.165, 1.54) is 0 Å². The minimum Gasteiger partial charge on any atom is -0.389 e. The standard InChI is InChI=1S/C54H73N9O9/c1-6-31-55-49(68)34-62-44-19-12-11-18-43(44)59-47(62)33-57-52(70)54(36-71-50(72-37-54)39-25-27-40(28-26-39)53(2)60-61-53)51(69)56-32-14-13-20-45(63(3,4)5)46(66)21-15-16-38-23-29-41(30-24-38)58-48(67)22-10-8-7-9-17-42(65)35-64/h11-12,18-19,23-30,45,50,64H,6-10,13-17,20-22,31-37H2,1-5H3,(H3-,55,56,57,58,67,68,69,70)/p+1/t45-,50?,54?/m0/s1. The van der Waals surface area contributed by atoms with Crippen molar-refractivity contribution in [3.05, 3.63) is 95.3 Å². The molecule has 0 saturated carbocycles. The Morgan fingerprint density at radius 1 is 0.764 bits per heavy atom. The number of aliphatic hydroxyl groups is 1. The van der Waals surface area contributed by atoms with Crippen LogP contribution in [0.3, 0.4) is 0 Å². The van der Waals surface area contributed by atoms with Crippen LogP contribution < -0.4 is 21.3 Å². The van der Waals surface area contributed by atoms with E-state index in [2.05, 4.69) is 31.5 Å². The number of fused-ring (bicyclic) bond motifs is 1. The fourth-order valence-corrected chi connectivity index (χ4v) is 8.93. The van der Waals surface area contributed by atoms with E-state index in [1.54, 1.807) is 4.57 Å². The lowest BCUT2D eigenvalue weighted by Gasteiger charge is -2.37. The molecule has 1 aromatic heterocycles. The van der Waals surface area contributed by atoms with Gasteiger partial charge in [0.25, 0.3) is 0 Å². The minimum absolute atomic E-state index is 0.00743. The number of carbonyl (C=O) groups excluding carboxylic acids is 6. The van der Waals surface area contributed by atoms with Gasteiger partial charge in [-0.1, -0.05) is 68.3 Å². The van der Waals surface area contributed by atoms with Crippen LogP contribution in [0.4, 0.5) is 5.69 Å². The van der Waals surface area contributed by atoms with Crippen LogP contribution in [-0.4, -0.2) is 114 Å². The fourth-order valence-electron chi connectivity index (χ4n) is 8.93. The number of carbonyl (C=O) groups is 6. The molecule has 4 amide bonds. The molecule has 6 rings (SSSR count). The summed E-state index contributed by atoms with van der Waals surface area (Å²) >= 11 is 0. The molecule has 2 aliphatic rings. The van der Waals surface area contributed by atoms with E-state index < -0.39 is 35.8 Å². The topological polar surface area (TPSA) is 232 Å². The highest BCUT2D eigenvalue weighted by Gasteiger charge is 2.50. The maximum atomic E-state index is 14.4. The molecule has 18 nitrogen and oxygen atoms in total. The number of para-hydroxylation sites is 2. The van der Waals surface area contributed by atoms with E-state index in [9.17, 15) is 28.8 Å². The summed E-state index contributed by atoms with van der Waals surface area (Å²) in [5.41, 5.74) is 2.56. The SMILES string of the molecule is CCCNC(=O)Cn1c(CNC(=O)C2(C(=O)NCCCC[C@@H](C(=O)CCCc3ccc(NC(=O)CCCCCCC(=O)CO)cc3)[N+](C)(C)C)COC(c3ccc(C4(C)N=N4)cc3)OC2)nc2ccccc21. The van der Waals surface area contributed by atoms with E-state index >= 15 is 0 Å². The van der Waals surface area contributed by atoms with Crippen LogP contribution in [0.2, 0.25) is 0 Å². The second kappa shape index (κ2) is 26.0. The lowest BCUT2D eigenvalue weighted by atomic mass is 9.86. The molecule has 72 heavy (non-hydrogen) atoms. The molecule has 0 unspecified atom stereocenters. The van der Waals surface area contributed by atoms with Gasteiger partial charge in [0.2, 0.25) is 29.3 Å². The number of hydrogen-bond acceptors (Lipinski definition) is 12. The molecule has 5 N–H and O–H groups in total. The summed E-state index contributed by atoms with van der Waals surface area (Å²) in [5, 5.41) is 28.8. The number of imidazole rings is 1. The highest BCUT2D eigenvalue weighted by molar-refractivity contribution is 6.05. The minimum atomic E-state index is -1.74. The number of aliphatic hydroxyl groups excluding tert-OH is 1. The van der Waals surface area contributed by atoms with Crippen molar-refractivity contribution in [3.8, 4) is 0 Å². The zero-order valence-corrected chi connectivity index (χ0v) is 42.7. The van der Waals surface area contributed by atoms with Gasteiger partial charge in [-0.05, 0) is 81.7 Å². The van der Waals surface area contributed by atoms with Gasteiger partial charge < -0.3 is 44.9 Å². The molecule has 3 heterocycles. The summed E-state index contributed by atoms with van der Waals surface area (Å²) in [6.45, 7) is 3.71. The number of nitrogens with zero attached hydrogens (tertiary/aromatic N) is 5. The summed E-state index contributed by atoms with van der Waals surface area (Å²) < 4.78 is 14.6. The predicted octanol–water partition coefficient (Wildman–Crippen LogP) is 6.34. The first kappa shape index (κ1) is 55.1. The van der Waals surface area contributed by atoms with Gasteiger partial charge in [-0.15, -0.1) is 0 Å². The summed E-state index contributed by atoms with van der Waals surface area (Å²) in [4.78, 5) is 83.6. The highest BCUT2D eigenvalue weighted by atomic mass is 16.7. The molecule has 2 aliphatic heterocycles. The van der Waals surface area contributed by atoms with Gasteiger partial charge >= 0.3 is 0 Å². The van der Waals surface area contributed by atoms with Crippen molar-refractivity contribution in [2.45, 2.75) is 128 Å². The van der Waals surface area contributed by atoms with Crippen LogP contribution >= 0.6 is 0 Å². The quantitative estimate of drug-likeness (QED) is 0.0221. The number of anilines is 1. The van der Waals surface area contributed by atoms with E-state index in [1.807, 2.05) is 108 Å². The summed E-state index contributed by atoms with van der Waals surface area (Å²) in [6.07, 6.45) is 7.54. The Balaban J connectivity index is 1.00. The number of aryl methyl sites for hydroxylation is 1. The molecule has 4 aromatic rings. The third-order valence-electron chi connectivity index (χ3n) is 13.4. The molecule has 18 heteroatoms. The molecule has 388 valence electrons. The number of aromatic nitrogens is 2. The highest BCUT2D eigenvalue weighted by Crippen LogP contribution is 2.40. The smallest absolute Gasteiger partial charge is 0.240 e. The maximum Gasteiger partial charge on any atom is 0.240 e. The average Bonchev–Trinajstić information content (AvgIpc) is 4.04. The van der Waals surface area contributed by atoms with E-state index in [4.69, 9.17) is 19.6 Å². The van der Waals surface area contributed by atoms with Crippen LogP contribution in [0.1, 0.15) is 120 Å². The third-order valence-corrected chi connectivity index (χ3v) is 13.4. The lowest BCUT2D eigenvalue weighted by molar-refractivity contribution is -0.886. The Kier molecular flexibility index (Phi) is 19.9. The summed E-state index contributed by atoms with van der Waals surface area (Å²) in [5.74, 6) is -0.911. The zero-order chi connectivity index (χ0) is 51.7. The second-order valence-electron chi connectivity index (χ2n) is 20.1. The zero-order valence-electron chi connectivity index (χ0n) is 42.7. The molecule has 1 atom stereocenters. The normalized spacial score (nSPS) is 17.5. The number of unbranched alkanes of at least 4 members (excludes halogenated alkanes) is 4. The Bertz CT molecular complexity index is 2500. The van der Waals surface area contributed by atoms with Crippen LogP contribution in [0.25, 0.3) is 11.0 Å². The number of Topliss-reactive ketones (excluding diaryl/α,β-unsaturated/α-hetero) is 2. The number of rotatable bonds is 30. The second-order valence-corrected chi connectivity index (χ2v) is 20.1. The van der Waals surface area contributed by atoms with Crippen LogP contribution in [0.15, 0.2) is 83.0 Å². The van der Waals surface area contributed by atoms with Gasteiger partial charge in [0.05, 0.1) is 51.9 Å². The summed E-state index contributed by atoms with van der Waals surface area (Å²) in [7, 11) is 6.04. The number of hydrogen-bond donors (Lipinski definition) is 5. The van der Waals surface area contributed by atoms with E-state index in [-0.39, 0.29) is 62.3 Å². The molecule has 0 spiro atoms. The monoisotopic (exact) mass is 993 g/mol. The molecule has 1 fully saturated rings. The number of likely N-dealkylation sites (N-methyl/N-ethyl adjacent to an activating group) is 1. The van der Waals surface area contributed by atoms with Crippen molar-refractivity contribution in [1.82, 2.24) is 25.5 Å². The van der Waals surface area contributed by atoms with Gasteiger partial charge in [-0.25, -0.2) is 4.98 Å². The molecule has 3 aromatic carbocycles. The van der Waals surface area contributed by atoms with E-state index in [0.29, 0.717) is 73.7 Å². The van der Waals surface area contributed by atoms with Crippen molar-refractivity contribution in [3.63, 3.8) is 0 Å². The molecule has 1 saturated heterocycles. The number of nitrogens with one attached hydrogen (secondary N) is 4. The van der Waals surface area contributed by atoms with Crippen LogP contribution in [0.5, 0.6) is 0 Å². The Morgan fingerprint density at radius 3 is 2.11 bits per heavy atom. The average molecular weight is 993 g/mol. The Labute approximate surface area is 422 Å². The molecule has 0 aliphatic carbocycles. The van der Waals surface area contributed by atoms with Crippen molar-refractivity contribution in [1.29, 1.82) is 0 Å². The van der Waals surface area contributed by atoms with Crippen molar-refractivity contribution < 1.29 is 47.8 Å². The summed E-state index contributed by atoms with van der Waals surface area (Å²) in [6, 6.07) is 22.4. The largest absolute Gasteiger partial charge is 0.389 e.